The van der Waals surface area contributed by atoms with E-state index in [1.54, 1.807) is 12.3 Å². The van der Waals surface area contributed by atoms with Crippen LogP contribution in [0.5, 0.6) is 0 Å². The molecule has 0 unspecified atom stereocenters. The van der Waals surface area contributed by atoms with Gasteiger partial charge in [0.1, 0.15) is 5.82 Å². The van der Waals surface area contributed by atoms with Crippen LogP contribution in [0, 0.1) is 6.92 Å². The second-order valence-corrected chi connectivity index (χ2v) is 5.47. The summed E-state index contributed by atoms with van der Waals surface area (Å²) in [6, 6.07) is 5.52. The van der Waals surface area contributed by atoms with Crippen molar-refractivity contribution < 1.29 is 0 Å². The van der Waals surface area contributed by atoms with Crippen LogP contribution in [0.4, 0.5) is 5.82 Å². The molecule has 3 rings (SSSR count). The van der Waals surface area contributed by atoms with E-state index in [4.69, 9.17) is 23.2 Å². The molecule has 0 aliphatic heterocycles. The summed E-state index contributed by atoms with van der Waals surface area (Å²) >= 11 is 12.0. The Bertz CT molecular complexity index is 784. The molecule has 2 aromatic heterocycles. The highest BCUT2D eigenvalue weighted by molar-refractivity contribution is 6.35. The number of aryl methyl sites for hydroxylation is 1. The van der Waals surface area contributed by atoms with Gasteiger partial charge in [0.15, 0.2) is 5.82 Å². The lowest BCUT2D eigenvalue weighted by Gasteiger charge is -2.08. The van der Waals surface area contributed by atoms with Gasteiger partial charge >= 0.3 is 0 Å². The molecule has 0 atom stereocenters. The maximum absolute atomic E-state index is 6.16. The number of aromatic nitrogens is 4. The molecule has 0 amide bonds. The van der Waals surface area contributed by atoms with Gasteiger partial charge < -0.3 is 5.32 Å². The van der Waals surface area contributed by atoms with Crippen LogP contribution in [0.1, 0.15) is 11.4 Å². The zero-order valence-corrected chi connectivity index (χ0v) is 12.9. The van der Waals surface area contributed by atoms with Gasteiger partial charge in [-0.3, -0.25) is 4.40 Å². The lowest BCUT2D eigenvalue weighted by Crippen LogP contribution is -2.08. The third-order valence-corrected chi connectivity index (χ3v) is 3.79. The van der Waals surface area contributed by atoms with Crippen molar-refractivity contribution in [1.82, 2.24) is 19.6 Å². The summed E-state index contributed by atoms with van der Waals surface area (Å²) in [4.78, 5) is 4.30. The first-order valence-corrected chi connectivity index (χ1v) is 7.25. The van der Waals surface area contributed by atoms with Crippen molar-refractivity contribution in [2.24, 2.45) is 0 Å². The predicted molar refractivity (Wildman–Crippen MR) is 84.2 cm³/mol. The predicted octanol–water partition coefficient (Wildman–Crippen LogP) is 3.39. The first-order valence-electron chi connectivity index (χ1n) is 6.49. The minimum atomic E-state index is 0.641. The van der Waals surface area contributed by atoms with Gasteiger partial charge in [-0.1, -0.05) is 29.3 Å². The number of hydrogen-bond donors (Lipinski definition) is 1. The molecule has 7 heteroatoms. The van der Waals surface area contributed by atoms with Crippen LogP contribution in [0.2, 0.25) is 10.0 Å². The van der Waals surface area contributed by atoms with E-state index in [1.165, 1.54) is 0 Å². The lowest BCUT2D eigenvalue weighted by atomic mass is 10.1. The Balaban J connectivity index is 1.72. The van der Waals surface area contributed by atoms with Crippen LogP contribution < -0.4 is 5.32 Å². The number of anilines is 1. The van der Waals surface area contributed by atoms with Crippen LogP contribution in [0.15, 0.2) is 30.6 Å². The summed E-state index contributed by atoms with van der Waals surface area (Å²) in [5, 5.41) is 12.7. The SMILES string of the molecule is Cc1nnc2c(NCCc3ccc(Cl)cc3Cl)nccn12. The molecular weight excluding hydrogens is 309 g/mol. The van der Waals surface area contributed by atoms with E-state index < -0.39 is 0 Å². The Morgan fingerprint density at radius 2 is 2.10 bits per heavy atom. The summed E-state index contributed by atoms with van der Waals surface area (Å²) < 4.78 is 1.89. The van der Waals surface area contributed by atoms with Crippen LogP contribution >= 0.6 is 23.2 Å². The Labute approximate surface area is 131 Å². The molecule has 21 heavy (non-hydrogen) atoms. The van der Waals surface area contributed by atoms with Crippen LogP contribution in [0.3, 0.4) is 0 Å². The molecule has 2 heterocycles. The Hall–Kier alpha value is -1.85. The smallest absolute Gasteiger partial charge is 0.203 e. The number of hydrogen-bond acceptors (Lipinski definition) is 4. The number of rotatable bonds is 4. The summed E-state index contributed by atoms with van der Waals surface area (Å²) in [5.41, 5.74) is 1.76. The van der Waals surface area contributed by atoms with E-state index in [0.717, 1.165) is 23.5 Å². The topological polar surface area (TPSA) is 55.1 Å². The Kier molecular flexibility index (Phi) is 3.94. The zero-order chi connectivity index (χ0) is 14.8. The minimum Gasteiger partial charge on any atom is -0.367 e. The Morgan fingerprint density at radius 3 is 2.90 bits per heavy atom. The Morgan fingerprint density at radius 1 is 1.24 bits per heavy atom. The second-order valence-electron chi connectivity index (χ2n) is 4.63. The average Bonchev–Trinajstić information content (AvgIpc) is 2.84. The molecule has 5 nitrogen and oxygen atoms in total. The molecular formula is C14H13Cl2N5. The quantitative estimate of drug-likeness (QED) is 0.800. The van der Waals surface area contributed by atoms with Crippen LogP contribution in [-0.4, -0.2) is 26.1 Å². The molecule has 0 saturated heterocycles. The van der Waals surface area contributed by atoms with Crippen molar-refractivity contribution in [3.8, 4) is 0 Å². The molecule has 0 saturated carbocycles. The fourth-order valence-electron chi connectivity index (χ4n) is 2.11. The third kappa shape index (κ3) is 2.94. The fraction of sp³-hybridized carbons (Fsp3) is 0.214. The van der Waals surface area contributed by atoms with E-state index in [9.17, 15) is 0 Å². The van der Waals surface area contributed by atoms with E-state index in [0.29, 0.717) is 22.4 Å². The maximum atomic E-state index is 6.16. The highest BCUT2D eigenvalue weighted by Crippen LogP contribution is 2.21. The second kappa shape index (κ2) is 5.87. The van der Waals surface area contributed by atoms with Crippen molar-refractivity contribution in [2.75, 3.05) is 11.9 Å². The van der Waals surface area contributed by atoms with Gasteiger partial charge in [-0.05, 0) is 31.0 Å². The van der Waals surface area contributed by atoms with Crippen molar-refractivity contribution in [1.29, 1.82) is 0 Å². The molecule has 0 radical (unpaired) electrons. The van der Waals surface area contributed by atoms with Gasteiger partial charge in [-0.2, -0.15) is 0 Å². The number of nitrogens with one attached hydrogen (secondary N) is 1. The number of halogens is 2. The summed E-state index contributed by atoms with van der Waals surface area (Å²) in [6.07, 6.45) is 4.33. The fourth-order valence-corrected chi connectivity index (χ4v) is 2.61. The van der Waals surface area contributed by atoms with E-state index in [2.05, 4.69) is 20.5 Å². The largest absolute Gasteiger partial charge is 0.367 e. The number of benzene rings is 1. The molecule has 0 aliphatic rings. The van der Waals surface area contributed by atoms with Crippen molar-refractivity contribution in [2.45, 2.75) is 13.3 Å². The van der Waals surface area contributed by atoms with Crippen molar-refractivity contribution in [3.05, 3.63) is 52.0 Å². The monoisotopic (exact) mass is 321 g/mol. The van der Waals surface area contributed by atoms with Gasteiger partial charge in [-0.15, -0.1) is 10.2 Å². The first-order chi connectivity index (χ1) is 10.1. The standard InChI is InChI=1S/C14H13Cl2N5/c1-9-19-20-14-13(18-6-7-21(9)14)17-5-4-10-2-3-11(15)8-12(10)16/h2-3,6-8H,4-5H2,1H3,(H,17,18). The molecule has 0 bridgehead atoms. The summed E-state index contributed by atoms with van der Waals surface area (Å²) in [5.74, 6) is 1.54. The van der Waals surface area contributed by atoms with Gasteiger partial charge in [0.25, 0.3) is 0 Å². The number of fused-ring (bicyclic) bond motifs is 1. The van der Waals surface area contributed by atoms with Crippen molar-refractivity contribution in [3.63, 3.8) is 0 Å². The molecule has 0 fully saturated rings. The summed E-state index contributed by atoms with van der Waals surface area (Å²) in [6.45, 7) is 2.59. The van der Waals surface area contributed by atoms with Gasteiger partial charge in [0.2, 0.25) is 5.65 Å². The molecule has 0 spiro atoms. The maximum Gasteiger partial charge on any atom is 0.203 e. The normalized spacial score (nSPS) is 11.0. The molecule has 108 valence electrons. The molecule has 3 aromatic rings. The lowest BCUT2D eigenvalue weighted by molar-refractivity contribution is 0.988. The van der Waals surface area contributed by atoms with Crippen LogP contribution in [-0.2, 0) is 6.42 Å². The van der Waals surface area contributed by atoms with Gasteiger partial charge in [0, 0.05) is 29.0 Å². The zero-order valence-electron chi connectivity index (χ0n) is 11.3. The third-order valence-electron chi connectivity index (χ3n) is 3.20. The highest BCUT2D eigenvalue weighted by Gasteiger charge is 2.07. The van der Waals surface area contributed by atoms with E-state index in [1.807, 2.05) is 29.7 Å². The minimum absolute atomic E-state index is 0.641. The average molecular weight is 322 g/mol. The molecule has 1 aromatic carbocycles. The summed E-state index contributed by atoms with van der Waals surface area (Å²) in [7, 11) is 0. The molecule has 0 aliphatic carbocycles. The first kappa shape index (κ1) is 14.1. The van der Waals surface area contributed by atoms with E-state index >= 15 is 0 Å². The van der Waals surface area contributed by atoms with Crippen LogP contribution in [0.25, 0.3) is 5.65 Å². The van der Waals surface area contributed by atoms with Crippen molar-refractivity contribution >= 4 is 34.7 Å². The van der Waals surface area contributed by atoms with E-state index in [-0.39, 0.29) is 0 Å². The molecule has 1 N–H and O–H groups in total. The number of nitrogens with zero attached hydrogens (tertiary/aromatic N) is 4. The van der Waals surface area contributed by atoms with Gasteiger partial charge in [-0.25, -0.2) is 4.98 Å². The van der Waals surface area contributed by atoms with Gasteiger partial charge in [0.05, 0.1) is 0 Å². The highest BCUT2D eigenvalue weighted by atomic mass is 35.5.